The number of nitro benzene ring substituents is 1. The highest BCUT2D eigenvalue weighted by atomic mass is 127. The number of halogens is 4. The van der Waals surface area contributed by atoms with Gasteiger partial charge in [-0.15, -0.1) is 0 Å². The Morgan fingerprint density at radius 2 is 1.75 bits per heavy atom. The van der Waals surface area contributed by atoms with Crippen LogP contribution in [0.2, 0.25) is 0 Å². The number of hydrogen-bond donors (Lipinski definition) is 1. The van der Waals surface area contributed by atoms with E-state index < -0.39 is 57.5 Å². The van der Waals surface area contributed by atoms with Crippen LogP contribution in [0, 0.1) is 13.7 Å². The predicted octanol–water partition coefficient (Wildman–Crippen LogP) is 5.86. The summed E-state index contributed by atoms with van der Waals surface area (Å²) in [6.45, 7) is 1.69. The number of ether oxygens (including phenoxy) is 3. The predicted molar refractivity (Wildman–Crippen MR) is 155 cm³/mol. The number of amides is 4. The van der Waals surface area contributed by atoms with E-state index in [1.807, 2.05) is 0 Å². The Kier molecular flexibility index (Phi) is 9.22. The van der Waals surface area contributed by atoms with E-state index in [2.05, 4.69) is 10.1 Å². The number of benzene rings is 3. The fourth-order valence-corrected chi connectivity index (χ4v) is 4.72. The summed E-state index contributed by atoms with van der Waals surface area (Å²) in [6, 6.07) is 8.86. The quantitative estimate of drug-likeness (QED) is 0.0751. The molecule has 1 fully saturated rings. The third-order valence-corrected chi connectivity index (χ3v) is 6.79. The standard InChI is InChI=1S/C28H19F3IN3O9/c1-3-43-22-12-14(11-19(32)23(22)44-21-9-6-16(28(29,30)31)13-20(21)35(40)41)10-18-24(36)33-27(39)34(25(18)37)17-7-4-15(5-8-17)26(38)42-2/h4-13H,3H2,1-2H3,(H,33,36,39)/b18-10+. The van der Waals surface area contributed by atoms with Gasteiger partial charge >= 0.3 is 23.9 Å². The Morgan fingerprint density at radius 1 is 1.07 bits per heavy atom. The zero-order valence-electron chi connectivity index (χ0n) is 22.6. The van der Waals surface area contributed by atoms with Crippen LogP contribution in [0.3, 0.4) is 0 Å². The van der Waals surface area contributed by atoms with Crippen molar-refractivity contribution < 1.29 is 51.5 Å². The number of esters is 1. The molecule has 1 saturated heterocycles. The number of alkyl halides is 3. The summed E-state index contributed by atoms with van der Waals surface area (Å²) in [5.74, 6) is -3.16. The molecule has 3 aromatic carbocycles. The molecule has 4 amide bonds. The van der Waals surface area contributed by atoms with E-state index in [1.54, 1.807) is 29.5 Å². The first kappa shape index (κ1) is 31.9. The minimum Gasteiger partial charge on any atom is -0.490 e. The summed E-state index contributed by atoms with van der Waals surface area (Å²) in [4.78, 5) is 61.5. The van der Waals surface area contributed by atoms with Crippen molar-refractivity contribution in [3.05, 3.63) is 90.5 Å². The zero-order valence-corrected chi connectivity index (χ0v) is 24.7. The maximum Gasteiger partial charge on any atom is 0.416 e. The van der Waals surface area contributed by atoms with Gasteiger partial charge in [0.1, 0.15) is 5.57 Å². The van der Waals surface area contributed by atoms with E-state index in [9.17, 15) is 42.5 Å². The fraction of sp³-hybridized carbons (Fsp3) is 0.143. The second-order valence-corrected chi connectivity index (χ2v) is 9.96. The lowest BCUT2D eigenvalue weighted by Gasteiger charge is -2.26. The normalized spacial score (nSPS) is 14.4. The highest BCUT2D eigenvalue weighted by Gasteiger charge is 2.37. The molecule has 0 bridgehead atoms. The van der Waals surface area contributed by atoms with Gasteiger partial charge in [-0.2, -0.15) is 13.2 Å². The Morgan fingerprint density at radius 3 is 2.34 bits per heavy atom. The van der Waals surface area contributed by atoms with Crippen LogP contribution in [0.5, 0.6) is 17.2 Å². The van der Waals surface area contributed by atoms with Gasteiger partial charge in [-0.25, -0.2) is 14.5 Å². The third-order valence-electron chi connectivity index (χ3n) is 5.99. The molecule has 1 aliphatic heterocycles. The lowest BCUT2D eigenvalue weighted by molar-refractivity contribution is -0.385. The van der Waals surface area contributed by atoms with Crippen LogP contribution in [-0.2, 0) is 20.5 Å². The second-order valence-electron chi connectivity index (χ2n) is 8.80. The molecule has 0 atom stereocenters. The molecule has 3 aromatic rings. The monoisotopic (exact) mass is 725 g/mol. The fourth-order valence-electron chi connectivity index (χ4n) is 3.99. The molecule has 44 heavy (non-hydrogen) atoms. The first-order valence-corrected chi connectivity index (χ1v) is 13.4. The van der Waals surface area contributed by atoms with Gasteiger partial charge in [0, 0.05) is 6.07 Å². The third kappa shape index (κ3) is 6.64. The van der Waals surface area contributed by atoms with E-state index in [1.165, 1.54) is 49.6 Å². The van der Waals surface area contributed by atoms with Crippen LogP contribution in [-0.4, -0.2) is 42.5 Å². The van der Waals surface area contributed by atoms with Gasteiger partial charge in [-0.05, 0) is 89.7 Å². The van der Waals surface area contributed by atoms with Gasteiger partial charge in [-0.3, -0.25) is 25.0 Å². The number of imide groups is 2. The highest BCUT2D eigenvalue weighted by molar-refractivity contribution is 14.1. The molecule has 1 aliphatic rings. The first-order chi connectivity index (χ1) is 20.7. The van der Waals surface area contributed by atoms with Crippen molar-refractivity contribution in [2.24, 2.45) is 0 Å². The number of carbonyl (C=O) groups is 4. The smallest absolute Gasteiger partial charge is 0.416 e. The number of nitrogens with zero attached hydrogens (tertiary/aromatic N) is 2. The minimum atomic E-state index is -4.82. The zero-order chi connectivity index (χ0) is 32.3. The Hall–Kier alpha value is -5.00. The van der Waals surface area contributed by atoms with E-state index in [0.717, 1.165) is 6.07 Å². The summed E-state index contributed by atoms with van der Waals surface area (Å²) in [7, 11) is 1.19. The van der Waals surface area contributed by atoms with Gasteiger partial charge in [0.2, 0.25) is 5.75 Å². The van der Waals surface area contributed by atoms with Crippen molar-refractivity contribution in [3.63, 3.8) is 0 Å². The van der Waals surface area contributed by atoms with Crippen LogP contribution in [0.15, 0.2) is 60.2 Å². The van der Waals surface area contributed by atoms with Gasteiger partial charge in [-0.1, -0.05) is 0 Å². The summed E-state index contributed by atoms with van der Waals surface area (Å²) >= 11 is 1.79. The molecule has 0 spiro atoms. The molecule has 0 radical (unpaired) electrons. The average Bonchev–Trinajstić information content (AvgIpc) is 2.96. The number of carbonyl (C=O) groups excluding carboxylic acids is 4. The Bertz CT molecular complexity index is 1720. The SMILES string of the molecule is CCOc1cc(/C=C2\C(=O)NC(=O)N(c3ccc(C(=O)OC)cc3)C2=O)cc(I)c1Oc1ccc(C(F)(F)F)cc1[N+](=O)[O-]. The van der Waals surface area contributed by atoms with E-state index in [0.29, 0.717) is 17.0 Å². The summed E-state index contributed by atoms with van der Waals surface area (Å²) in [6.07, 6.45) is -3.64. The van der Waals surface area contributed by atoms with E-state index in [4.69, 9.17) is 9.47 Å². The summed E-state index contributed by atoms with van der Waals surface area (Å²) < 4.78 is 55.5. The summed E-state index contributed by atoms with van der Waals surface area (Å²) in [5.41, 5.74) is -2.16. The molecular formula is C28H19F3IN3O9. The molecule has 0 aliphatic carbocycles. The topological polar surface area (TPSA) is 154 Å². The number of urea groups is 1. The van der Waals surface area contributed by atoms with Crippen molar-refractivity contribution >= 4 is 63.9 Å². The maximum atomic E-state index is 13.3. The molecule has 0 saturated carbocycles. The van der Waals surface area contributed by atoms with Crippen LogP contribution >= 0.6 is 22.6 Å². The van der Waals surface area contributed by atoms with Crippen molar-refractivity contribution in [1.29, 1.82) is 0 Å². The Balaban J connectivity index is 1.71. The van der Waals surface area contributed by atoms with Gasteiger partial charge in [0.25, 0.3) is 11.8 Å². The lowest BCUT2D eigenvalue weighted by atomic mass is 10.1. The van der Waals surface area contributed by atoms with Gasteiger partial charge in [0.05, 0.1) is 39.0 Å². The van der Waals surface area contributed by atoms with Crippen molar-refractivity contribution in [3.8, 4) is 17.2 Å². The largest absolute Gasteiger partial charge is 0.490 e. The Labute approximate surface area is 259 Å². The minimum absolute atomic E-state index is 0.00422. The number of nitrogens with one attached hydrogen (secondary N) is 1. The van der Waals surface area contributed by atoms with Crippen LogP contribution < -0.4 is 19.7 Å². The molecule has 0 aromatic heterocycles. The molecule has 12 nitrogen and oxygen atoms in total. The van der Waals surface area contributed by atoms with E-state index >= 15 is 0 Å². The van der Waals surface area contributed by atoms with Crippen molar-refractivity contribution in [2.45, 2.75) is 13.1 Å². The van der Waals surface area contributed by atoms with Gasteiger partial charge < -0.3 is 14.2 Å². The molecule has 228 valence electrons. The molecular weight excluding hydrogens is 706 g/mol. The maximum absolute atomic E-state index is 13.3. The molecule has 1 heterocycles. The van der Waals surface area contributed by atoms with Crippen LogP contribution in [0.25, 0.3) is 6.08 Å². The lowest BCUT2D eigenvalue weighted by Crippen LogP contribution is -2.54. The van der Waals surface area contributed by atoms with Gasteiger partial charge in [0.15, 0.2) is 11.5 Å². The molecule has 0 unspecified atom stereocenters. The highest BCUT2D eigenvalue weighted by Crippen LogP contribution is 2.42. The number of anilines is 1. The number of barbiturate groups is 1. The molecule has 1 N–H and O–H groups in total. The van der Waals surface area contributed by atoms with Crippen molar-refractivity contribution in [1.82, 2.24) is 5.32 Å². The molecule has 16 heteroatoms. The summed E-state index contributed by atoms with van der Waals surface area (Å²) in [5, 5.41) is 13.6. The van der Waals surface area contributed by atoms with Crippen LogP contribution in [0.4, 0.5) is 29.3 Å². The number of hydrogen-bond acceptors (Lipinski definition) is 9. The first-order valence-electron chi connectivity index (χ1n) is 12.3. The number of methoxy groups -OCH3 is 1. The van der Waals surface area contributed by atoms with E-state index in [-0.39, 0.29) is 38.5 Å². The number of rotatable bonds is 8. The molecule has 4 rings (SSSR count). The second kappa shape index (κ2) is 12.7. The van der Waals surface area contributed by atoms with Crippen molar-refractivity contribution in [2.75, 3.05) is 18.6 Å². The van der Waals surface area contributed by atoms with Crippen LogP contribution in [0.1, 0.15) is 28.4 Å². The average molecular weight is 725 g/mol. The number of nitro groups is 1.